The van der Waals surface area contributed by atoms with E-state index in [1.807, 2.05) is 6.07 Å². The predicted molar refractivity (Wildman–Crippen MR) is 77.7 cm³/mol. The minimum absolute atomic E-state index is 0.439. The summed E-state index contributed by atoms with van der Waals surface area (Å²) in [4.78, 5) is 6.50. The van der Waals surface area contributed by atoms with Crippen molar-refractivity contribution in [2.45, 2.75) is 13.0 Å². The number of hydrogen-bond acceptors (Lipinski definition) is 5. The van der Waals surface area contributed by atoms with Gasteiger partial charge in [0.25, 0.3) is 0 Å². The second-order valence-electron chi connectivity index (χ2n) is 4.18. The summed E-state index contributed by atoms with van der Waals surface area (Å²) < 4.78 is 10.2. The normalized spacial score (nSPS) is 10.7. The molecule has 0 saturated heterocycles. The largest absolute Gasteiger partial charge is 0.385 e. The average molecular weight is 288 g/mol. The lowest BCUT2D eigenvalue weighted by molar-refractivity contribution is 0.191. The van der Waals surface area contributed by atoms with E-state index in [-0.39, 0.29) is 0 Å². The molecule has 0 fully saturated rings. The van der Waals surface area contributed by atoms with Gasteiger partial charge in [-0.05, 0) is 18.1 Å². The average Bonchev–Trinajstić information content (AvgIpc) is 2.43. The highest BCUT2D eigenvalue weighted by atomic mass is 35.5. The number of hydrogen-bond donors (Lipinski definition) is 1. The van der Waals surface area contributed by atoms with Gasteiger partial charge in [0.1, 0.15) is 5.82 Å². The molecule has 0 radical (unpaired) electrons. The third kappa shape index (κ3) is 5.32. The Morgan fingerprint density at radius 2 is 2.00 bits per heavy atom. The number of halogens is 1. The van der Waals surface area contributed by atoms with Gasteiger partial charge < -0.3 is 20.1 Å². The predicted octanol–water partition coefficient (Wildman–Crippen LogP) is 1.68. The zero-order valence-corrected chi connectivity index (χ0v) is 12.3. The summed E-state index contributed by atoms with van der Waals surface area (Å²) in [7, 11) is 3.38. The van der Waals surface area contributed by atoms with Crippen LogP contribution >= 0.6 is 11.6 Å². The van der Waals surface area contributed by atoms with Crippen LogP contribution in [0.4, 0.5) is 5.82 Å². The van der Waals surface area contributed by atoms with Crippen LogP contribution in [0.2, 0.25) is 5.02 Å². The molecule has 0 spiro atoms. The van der Waals surface area contributed by atoms with Crippen LogP contribution in [0, 0.1) is 0 Å². The van der Waals surface area contributed by atoms with E-state index in [1.165, 1.54) is 0 Å². The molecule has 6 heteroatoms. The Bertz CT molecular complexity index is 377. The van der Waals surface area contributed by atoms with Gasteiger partial charge in [-0.3, -0.25) is 0 Å². The molecule has 1 aromatic heterocycles. The van der Waals surface area contributed by atoms with Gasteiger partial charge in [-0.15, -0.1) is 0 Å². The second-order valence-corrected chi connectivity index (χ2v) is 4.59. The van der Waals surface area contributed by atoms with Crippen LogP contribution in [0.5, 0.6) is 0 Å². The molecule has 0 atom stereocenters. The highest BCUT2D eigenvalue weighted by molar-refractivity contribution is 6.33. The van der Waals surface area contributed by atoms with Crippen molar-refractivity contribution in [2.24, 2.45) is 5.73 Å². The maximum atomic E-state index is 6.26. The monoisotopic (exact) mass is 287 g/mol. The molecule has 0 bridgehead atoms. The molecule has 1 rings (SSSR count). The highest BCUT2D eigenvalue weighted by Crippen LogP contribution is 2.24. The molecule has 0 aliphatic carbocycles. The van der Waals surface area contributed by atoms with Gasteiger partial charge in [0, 0.05) is 46.7 Å². The topological polar surface area (TPSA) is 60.6 Å². The lowest BCUT2D eigenvalue weighted by atomic mass is 10.2. The van der Waals surface area contributed by atoms with Crippen LogP contribution in [0.1, 0.15) is 12.0 Å². The van der Waals surface area contributed by atoms with Crippen LogP contribution in [-0.2, 0) is 16.0 Å². The smallest absolute Gasteiger partial charge is 0.147 e. The van der Waals surface area contributed by atoms with Gasteiger partial charge >= 0.3 is 0 Å². The molecule has 1 heterocycles. The molecule has 19 heavy (non-hydrogen) atoms. The van der Waals surface area contributed by atoms with E-state index >= 15 is 0 Å². The number of aromatic nitrogens is 1. The van der Waals surface area contributed by atoms with Crippen LogP contribution in [0.3, 0.4) is 0 Å². The quantitative estimate of drug-likeness (QED) is 0.700. The maximum Gasteiger partial charge on any atom is 0.147 e. The summed E-state index contributed by atoms with van der Waals surface area (Å²) in [5.74, 6) is 0.770. The van der Waals surface area contributed by atoms with E-state index in [2.05, 4.69) is 9.88 Å². The molecule has 0 aliphatic heterocycles. The zero-order chi connectivity index (χ0) is 14.1. The number of nitrogens with zero attached hydrogens (tertiary/aromatic N) is 2. The fraction of sp³-hybridized carbons (Fsp3) is 0.615. The Labute approximate surface area is 119 Å². The van der Waals surface area contributed by atoms with Crippen molar-refractivity contribution in [1.82, 2.24) is 4.98 Å². The Morgan fingerprint density at radius 3 is 2.58 bits per heavy atom. The summed E-state index contributed by atoms with van der Waals surface area (Å²) in [6, 6.07) is 1.86. The van der Waals surface area contributed by atoms with Crippen LogP contribution < -0.4 is 10.6 Å². The van der Waals surface area contributed by atoms with E-state index in [0.29, 0.717) is 24.8 Å². The van der Waals surface area contributed by atoms with E-state index in [4.69, 9.17) is 26.8 Å². The zero-order valence-electron chi connectivity index (χ0n) is 11.6. The number of methoxy groups -OCH3 is 2. The van der Waals surface area contributed by atoms with Crippen molar-refractivity contribution >= 4 is 17.4 Å². The van der Waals surface area contributed by atoms with Gasteiger partial charge in [0.15, 0.2) is 0 Å². The molecule has 0 amide bonds. The summed E-state index contributed by atoms with van der Waals surface area (Å²) in [6.07, 6.45) is 2.67. The lowest BCUT2D eigenvalue weighted by Gasteiger charge is -2.24. The SMILES string of the molecule is COCCCN(CCOC)c1ncc(CN)cc1Cl. The molecule has 0 unspecified atom stereocenters. The Hall–Kier alpha value is -0.880. The van der Waals surface area contributed by atoms with Crippen LogP contribution in [0.25, 0.3) is 0 Å². The minimum Gasteiger partial charge on any atom is -0.385 e. The van der Waals surface area contributed by atoms with Crippen molar-refractivity contribution in [3.05, 3.63) is 22.8 Å². The molecule has 0 saturated carbocycles. The Balaban J connectivity index is 2.77. The molecular formula is C13H22ClN3O2. The lowest BCUT2D eigenvalue weighted by Crippen LogP contribution is -2.30. The standard InChI is InChI=1S/C13H22ClN3O2/c1-18-6-3-4-17(5-7-19-2)13-12(14)8-11(9-15)10-16-13/h8,10H,3-7,9,15H2,1-2H3. The fourth-order valence-electron chi connectivity index (χ4n) is 1.74. The summed E-state index contributed by atoms with van der Waals surface area (Å²) >= 11 is 6.26. The summed E-state index contributed by atoms with van der Waals surface area (Å²) in [6.45, 7) is 3.35. The molecule has 1 aromatic rings. The van der Waals surface area contributed by atoms with Crippen LogP contribution in [0.15, 0.2) is 12.3 Å². The fourth-order valence-corrected chi connectivity index (χ4v) is 2.05. The van der Waals surface area contributed by atoms with E-state index < -0.39 is 0 Å². The maximum absolute atomic E-state index is 6.26. The number of ether oxygens (including phenoxy) is 2. The first-order valence-electron chi connectivity index (χ1n) is 6.30. The summed E-state index contributed by atoms with van der Waals surface area (Å²) in [5, 5.41) is 0.622. The van der Waals surface area contributed by atoms with E-state index in [0.717, 1.165) is 30.9 Å². The van der Waals surface area contributed by atoms with Gasteiger partial charge in [0.05, 0.1) is 11.6 Å². The molecular weight excluding hydrogens is 266 g/mol. The molecule has 0 aromatic carbocycles. The Kier molecular flexibility index (Phi) is 7.74. The molecule has 0 aliphatic rings. The van der Waals surface area contributed by atoms with Crippen LogP contribution in [-0.4, -0.2) is 45.5 Å². The highest BCUT2D eigenvalue weighted by Gasteiger charge is 2.12. The third-order valence-corrected chi connectivity index (χ3v) is 3.03. The third-order valence-electron chi connectivity index (χ3n) is 2.76. The van der Waals surface area contributed by atoms with Crippen molar-refractivity contribution in [3.63, 3.8) is 0 Å². The van der Waals surface area contributed by atoms with Gasteiger partial charge in [-0.1, -0.05) is 11.6 Å². The number of rotatable bonds is 9. The number of nitrogens with two attached hydrogens (primary N) is 1. The first-order chi connectivity index (χ1) is 9.22. The van der Waals surface area contributed by atoms with Crippen molar-refractivity contribution in [3.8, 4) is 0 Å². The minimum atomic E-state index is 0.439. The number of pyridine rings is 1. The van der Waals surface area contributed by atoms with E-state index in [9.17, 15) is 0 Å². The van der Waals surface area contributed by atoms with Crippen molar-refractivity contribution in [2.75, 3.05) is 45.4 Å². The van der Waals surface area contributed by atoms with Gasteiger partial charge in [-0.2, -0.15) is 0 Å². The molecule has 108 valence electrons. The van der Waals surface area contributed by atoms with Gasteiger partial charge in [0.2, 0.25) is 0 Å². The molecule has 5 nitrogen and oxygen atoms in total. The van der Waals surface area contributed by atoms with Crippen molar-refractivity contribution < 1.29 is 9.47 Å². The second kappa shape index (κ2) is 9.09. The Morgan fingerprint density at radius 1 is 1.26 bits per heavy atom. The number of anilines is 1. The van der Waals surface area contributed by atoms with E-state index in [1.54, 1.807) is 20.4 Å². The van der Waals surface area contributed by atoms with Crippen molar-refractivity contribution in [1.29, 1.82) is 0 Å². The molecule has 2 N–H and O–H groups in total. The first-order valence-corrected chi connectivity index (χ1v) is 6.68. The van der Waals surface area contributed by atoms with Gasteiger partial charge in [-0.25, -0.2) is 4.98 Å². The first kappa shape index (κ1) is 16.2. The summed E-state index contributed by atoms with van der Waals surface area (Å²) in [5.41, 5.74) is 6.50.